The number of hydrogen-bond donors (Lipinski definition) is 1. The summed E-state index contributed by atoms with van der Waals surface area (Å²) in [6, 6.07) is 0. The fraction of sp³-hybridized carbons (Fsp3) is 0.800. The van der Waals surface area contributed by atoms with E-state index in [1.165, 1.54) is 0 Å². The SMILES string of the molecule is C[As+](C)([14CH3])CC(=O)O.[OH-]. The normalized spacial score (nSPS) is 10.1. The minimum atomic E-state index is -1.61. The van der Waals surface area contributed by atoms with Crippen LogP contribution in [0.3, 0.4) is 0 Å². The molecule has 0 rings (SSSR count). The third-order valence-electron chi connectivity index (χ3n) is 0.610. The minimum absolute atomic E-state index is 0. The Balaban J connectivity index is 0. The van der Waals surface area contributed by atoms with Gasteiger partial charge in [-0.25, -0.2) is 0 Å². The second-order valence-corrected chi connectivity index (χ2v) is 13.1. The van der Waals surface area contributed by atoms with E-state index in [0.717, 1.165) is 0 Å². The summed E-state index contributed by atoms with van der Waals surface area (Å²) in [6.45, 7) is 0. The van der Waals surface area contributed by atoms with Crippen LogP contribution in [-0.4, -0.2) is 30.1 Å². The van der Waals surface area contributed by atoms with Gasteiger partial charge >= 0.3 is 51.8 Å². The van der Waals surface area contributed by atoms with E-state index in [1.807, 2.05) is 0 Å². The van der Waals surface area contributed by atoms with Crippen molar-refractivity contribution in [1.29, 1.82) is 0 Å². The summed E-state index contributed by atoms with van der Waals surface area (Å²) in [5, 5.41) is 8.71. The van der Waals surface area contributed by atoms with E-state index in [0.29, 0.717) is 5.21 Å². The standard InChI is InChI=1S/C5H11AsO2.H2O/c1-6(2,3)4-5(7)8;/h4H2,1-3H3;1H2/i1+2;. The summed E-state index contributed by atoms with van der Waals surface area (Å²) < 4.78 is 0. The molecule has 0 heterocycles. The summed E-state index contributed by atoms with van der Waals surface area (Å²) in [7, 11) is 0. The van der Waals surface area contributed by atoms with Crippen LogP contribution in [0.4, 0.5) is 0 Å². The van der Waals surface area contributed by atoms with Gasteiger partial charge in [-0.3, -0.25) is 0 Å². The van der Waals surface area contributed by atoms with Crippen molar-refractivity contribution >= 4 is 19.5 Å². The van der Waals surface area contributed by atoms with Gasteiger partial charge in [0.1, 0.15) is 0 Å². The zero-order valence-electron chi connectivity index (χ0n) is 5.96. The Bertz CT molecular complexity index is 94.9. The zero-order valence-corrected chi connectivity index (χ0v) is 7.83. The Morgan fingerprint density at radius 2 is 2.00 bits per heavy atom. The Kier molecular flexibility index (Phi) is 5.10. The fourth-order valence-electron chi connectivity index (χ4n) is 0.406. The largest absolute Gasteiger partial charge is 0.870 e. The van der Waals surface area contributed by atoms with Gasteiger partial charge in [-0.1, -0.05) is 0 Å². The predicted molar refractivity (Wildman–Crippen MR) is 37.7 cm³/mol. The zero-order chi connectivity index (χ0) is 6.78. The van der Waals surface area contributed by atoms with Gasteiger partial charge in [-0.15, -0.1) is 0 Å². The first-order valence-electron chi connectivity index (χ1n) is 2.44. The maximum Gasteiger partial charge on any atom is -0.870 e. The molecule has 0 fully saturated rings. The molecule has 0 spiro atoms. The van der Waals surface area contributed by atoms with E-state index < -0.39 is 19.5 Å². The summed E-state index contributed by atoms with van der Waals surface area (Å²) in [5.74, 6) is -0.648. The van der Waals surface area contributed by atoms with Crippen LogP contribution < -0.4 is 0 Å². The predicted octanol–water partition coefficient (Wildman–Crippen LogP) is 1.23. The van der Waals surface area contributed by atoms with Crippen molar-refractivity contribution in [2.75, 3.05) is 0 Å². The van der Waals surface area contributed by atoms with Gasteiger partial charge in [0, 0.05) is 0 Å². The molecule has 0 amide bonds. The molecule has 56 valence electrons. The molecule has 2 N–H and O–H groups in total. The molecular formula is C5H13AsO3. The van der Waals surface area contributed by atoms with Crippen molar-refractivity contribution in [2.45, 2.75) is 22.3 Å². The van der Waals surface area contributed by atoms with Crippen LogP contribution in [0.2, 0.25) is 22.3 Å². The molecule has 4 heteroatoms. The number of hydrogen-bond acceptors (Lipinski definition) is 2. The summed E-state index contributed by atoms with van der Waals surface area (Å²) in [4.78, 5) is 10.1. The summed E-state index contributed by atoms with van der Waals surface area (Å²) in [5.41, 5.74) is 6.23. The molecule has 0 atom stereocenters. The molecule has 0 aliphatic heterocycles. The van der Waals surface area contributed by atoms with E-state index in [9.17, 15) is 4.79 Å². The molecule has 0 radical (unpaired) electrons. The van der Waals surface area contributed by atoms with Crippen LogP contribution in [-0.2, 0) is 4.79 Å². The molecule has 0 aromatic carbocycles. The van der Waals surface area contributed by atoms with Crippen molar-refractivity contribution in [2.24, 2.45) is 0 Å². The maximum atomic E-state index is 10.1. The molecule has 0 aliphatic carbocycles. The van der Waals surface area contributed by atoms with E-state index >= 15 is 0 Å². The van der Waals surface area contributed by atoms with Crippen molar-refractivity contribution in [3.05, 3.63) is 0 Å². The quantitative estimate of drug-likeness (QED) is 0.678. The van der Waals surface area contributed by atoms with Gasteiger partial charge in [-0.2, -0.15) is 0 Å². The summed E-state index contributed by atoms with van der Waals surface area (Å²) in [6.07, 6.45) is 0. The molecular weight excluding hydrogens is 185 g/mol. The smallest absolute Gasteiger partial charge is 0.870 e. The molecule has 0 unspecified atom stereocenters. The van der Waals surface area contributed by atoms with Gasteiger partial charge in [0.15, 0.2) is 0 Å². The molecule has 3 nitrogen and oxygen atoms in total. The first-order chi connectivity index (χ1) is 3.42. The van der Waals surface area contributed by atoms with Crippen LogP contribution >= 0.6 is 0 Å². The van der Waals surface area contributed by atoms with Crippen LogP contribution in [0.15, 0.2) is 0 Å². The molecule has 0 aromatic heterocycles. The van der Waals surface area contributed by atoms with Crippen molar-refractivity contribution < 1.29 is 15.4 Å². The minimum Gasteiger partial charge on any atom is -0.870 e. The maximum absolute atomic E-state index is 10.1. The van der Waals surface area contributed by atoms with E-state index in [1.54, 1.807) is 0 Å². The van der Waals surface area contributed by atoms with Gasteiger partial charge in [0.2, 0.25) is 0 Å². The van der Waals surface area contributed by atoms with E-state index in [-0.39, 0.29) is 5.48 Å². The fourth-order valence-corrected chi connectivity index (χ4v) is 2.11. The Hall–Kier alpha value is -0.0116. The number of rotatable bonds is 2. The average Bonchev–Trinajstić information content (AvgIpc) is 1.21. The van der Waals surface area contributed by atoms with Crippen LogP contribution in [0.25, 0.3) is 0 Å². The second kappa shape index (κ2) is 3.91. The van der Waals surface area contributed by atoms with E-state index in [4.69, 9.17) is 5.11 Å². The molecule has 9 heavy (non-hydrogen) atoms. The Morgan fingerprint density at radius 1 is 1.67 bits per heavy atom. The van der Waals surface area contributed by atoms with Crippen molar-refractivity contribution in [3.8, 4) is 0 Å². The van der Waals surface area contributed by atoms with Gasteiger partial charge in [-0.05, 0) is 0 Å². The van der Waals surface area contributed by atoms with Gasteiger partial charge < -0.3 is 5.48 Å². The molecule has 0 aromatic rings. The Morgan fingerprint density at radius 3 is 2.00 bits per heavy atom. The summed E-state index contributed by atoms with van der Waals surface area (Å²) >= 11 is -1.61. The average molecular weight is 198 g/mol. The second-order valence-electron chi connectivity index (χ2n) is 2.84. The first kappa shape index (κ1) is 11.7. The van der Waals surface area contributed by atoms with Crippen molar-refractivity contribution in [1.82, 2.24) is 0 Å². The monoisotopic (exact) mass is 198 g/mol. The third-order valence-corrected chi connectivity index (χ3v) is 3.17. The Labute approximate surface area is 57.8 Å². The molecule has 0 bridgehead atoms. The van der Waals surface area contributed by atoms with Gasteiger partial charge in [0.05, 0.1) is 0 Å². The number of carbonyl (C=O) groups is 1. The number of carboxylic acid groups (broad SMARTS) is 1. The van der Waals surface area contributed by atoms with Crippen LogP contribution in [0, 0.1) is 0 Å². The number of aliphatic carboxylic acids is 1. The molecule has 0 aliphatic rings. The topological polar surface area (TPSA) is 67.3 Å². The van der Waals surface area contributed by atoms with E-state index in [2.05, 4.69) is 17.1 Å². The van der Waals surface area contributed by atoms with Gasteiger partial charge in [0.25, 0.3) is 0 Å². The first-order valence-corrected chi connectivity index (χ1v) is 9.40. The van der Waals surface area contributed by atoms with Crippen LogP contribution in [0.1, 0.15) is 0 Å². The van der Waals surface area contributed by atoms with Crippen molar-refractivity contribution in [3.63, 3.8) is 0 Å². The number of carboxylic acids is 1. The molecule has 0 saturated heterocycles. The van der Waals surface area contributed by atoms with Crippen LogP contribution in [0.5, 0.6) is 0 Å². The third kappa shape index (κ3) is 11.5. The molecule has 0 saturated carbocycles.